The standard InChI is InChI=1S/C14H9BrF2O3S/c15-8-4-5-9(14(18)19)13(6-8)21(20)7-10-11(16)2-1-3-12(10)17/h1-6H,7H2,(H,18,19). The van der Waals surface area contributed by atoms with Gasteiger partial charge in [0.2, 0.25) is 0 Å². The summed E-state index contributed by atoms with van der Waals surface area (Å²) < 4.78 is 40.0. The predicted molar refractivity (Wildman–Crippen MR) is 77.6 cm³/mol. The summed E-state index contributed by atoms with van der Waals surface area (Å²) in [5.74, 6) is -3.31. The SMILES string of the molecule is O=C(O)c1ccc(Br)cc1S(=O)Cc1c(F)cccc1F. The van der Waals surface area contributed by atoms with E-state index in [-0.39, 0.29) is 16.0 Å². The van der Waals surface area contributed by atoms with E-state index in [2.05, 4.69) is 15.9 Å². The van der Waals surface area contributed by atoms with Crippen LogP contribution in [0.3, 0.4) is 0 Å². The van der Waals surface area contributed by atoms with Gasteiger partial charge >= 0.3 is 5.97 Å². The van der Waals surface area contributed by atoms with Crippen LogP contribution in [0.1, 0.15) is 15.9 Å². The fourth-order valence-corrected chi connectivity index (χ4v) is 3.61. The third-order valence-corrected chi connectivity index (χ3v) is 4.63. The largest absolute Gasteiger partial charge is 0.478 e. The maximum Gasteiger partial charge on any atom is 0.336 e. The molecule has 0 amide bonds. The molecular weight excluding hydrogens is 366 g/mol. The van der Waals surface area contributed by atoms with Crippen molar-refractivity contribution in [2.75, 3.05) is 0 Å². The Morgan fingerprint density at radius 1 is 1.19 bits per heavy atom. The number of hydrogen-bond donors (Lipinski definition) is 1. The minimum Gasteiger partial charge on any atom is -0.478 e. The van der Waals surface area contributed by atoms with Gasteiger partial charge in [0.25, 0.3) is 0 Å². The normalized spacial score (nSPS) is 12.1. The van der Waals surface area contributed by atoms with Crippen LogP contribution < -0.4 is 0 Å². The van der Waals surface area contributed by atoms with Crippen LogP contribution >= 0.6 is 15.9 Å². The first-order valence-electron chi connectivity index (χ1n) is 5.74. The average Bonchev–Trinajstić information content (AvgIpc) is 2.42. The van der Waals surface area contributed by atoms with Gasteiger partial charge in [-0.3, -0.25) is 4.21 Å². The molecule has 0 heterocycles. The number of rotatable bonds is 4. The van der Waals surface area contributed by atoms with Gasteiger partial charge in [-0.15, -0.1) is 0 Å². The number of hydrogen-bond acceptors (Lipinski definition) is 2. The number of carbonyl (C=O) groups is 1. The zero-order valence-electron chi connectivity index (χ0n) is 10.5. The van der Waals surface area contributed by atoms with E-state index in [0.29, 0.717) is 4.47 Å². The topological polar surface area (TPSA) is 54.4 Å². The highest BCUT2D eigenvalue weighted by molar-refractivity contribution is 9.10. The second kappa shape index (κ2) is 6.44. The maximum absolute atomic E-state index is 13.6. The molecular formula is C14H9BrF2O3S. The van der Waals surface area contributed by atoms with Gasteiger partial charge in [-0.2, -0.15) is 0 Å². The Morgan fingerprint density at radius 3 is 2.38 bits per heavy atom. The molecule has 2 aromatic rings. The lowest BCUT2D eigenvalue weighted by Gasteiger charge is -2.08. The smallest absolute Gasteiger partial charge is 0.336 e. The van der Waals surface area contributed by atoms with Gasteiger partial charge < -0.3 is 5.11 Å². The van der Waals surface area contributed by atoms with E-state index in [1.54, 1.807) is 0 Å². The van der Waals surface area contributed by atoms with E-state index in [1.165, 1.54) is 24.3 Å². The Bertz CT molecular complexity index is 714. The summed E-state index contributed by atoms with van der Waals surface area (Å²) in [6, 6.07) is 7.49. The van der Waals surface area contributed by atoms with Gasteiger partial charge in [-0.1, -0.05) is 22.0 Å². The molecule has 2 aromatic carbocycles. The lowest BCUT2D eigenvalue weighted by Crippen LogP contribution is -2.08. The van der Waals surface area contributed by atoms with Crippen LogP contribution in [0, 0.1) is 11.6 Å². The van der Waals surface area contributed by atoms with Crippen LogP contribution in [0.5, 0.6) is 0 Å². The van der Waals surface area contributed by atoms with Gasteiger partial charge in [-0.05, 0) is 30.3 Å². The number of carboxylic acids is 1. The Kier molecular flexibility index (Phi) is 4.84. The molecule has 0 bridgehead atoms. The fraction of sp³-hybridized carbons (Fsp3) is 0.0714. The van der Waals surface area contributed by atoms with Gasteiger partial charge in [0, 0.05) is 10.0 Å². The van der Waals surface area contributed by atoms with Crippen molar-refractivity contribution >= 4 is 32.7 Å². The van der Waals surface area contributed by atoms with Gasteiger partial charge in [-0.25, -0.2) is 13.6 Å². The summed E-state index contributed by atoms with van der Waals surface area (Å²) in [7, 11) is -1.89. The molecule has 0 spiro atoms. The minimum atomic E-state index is -1.89. The van der Waals surface area contributed by atoms with Crippen molar-refractivity contribution < 1.29 is 22.9 Å². The van der Waals surface area contributed by atoms with Crippen molar-refractivity contribution in [1.82, 2.24) is 0 Å². The van der Waals surface area contributed by atoms with E-state index >= 15 is 0 Å². The quantitative estimate of drug-likeness (QED) is 0.886. The highest BCUT2D eigenvalue weighted by Crippen LogP contribution is 2.24. The number of aromatic carboxylic acids is 1. The molecule has 0 saturated carbocycles. The number of halogens is 3. The van der Waals surface area contributed by atoms with Crippen molar-refractivity contribution in [1.29, 1.82) is 0 Å². The van der Waals surface area contributed by atoms with E-state index < -0.39 is 34.2 Å². The molecule has 0 saturated heterocycles. The fourth-order valence-electron chi connectivity index (χ4n) is 1.74. The van der Waals surface area contributed by atoms with Crippen LogP contribution in [0.4, 0.5) is 8.78 Å². The summed E-state index contributed by atoms with van der Waals surface area (Å²) in [5, 5.41) is 9.08. The van der Waals surface area contributed by atoms with E-state index in [9.17, 15) is 17.8 Å². The molecule has 0 aromatic heterocycles. The molecule has 3 nitrogen and oxygen atoms in total. The molecule has 21 heavy (non-hydrogen) atoms. The third kappa shape index (κ3) is 3.54. The number of carboxylic acid groups (broad SMARTS) is 1. The van der Waals surface area contributed by atoms with Crippen LogP contribution in [0.25, 0.3) is 0 Å². The first-order valence-corrected chi connectivity index (χ1v) is 7.85. The molecule has 110 valence electrons. The van der Waals surface area contributed by atoms with Crippen molar-refractivity contribution in [3.63, 3.8) is 0 Å². The van der Waals surface area contributed by atoms with Gasteiger partial charge in [0.05, 0.1) is 27.0 Å². The molecule has 0 aliphatic heterocycles. The Labute approximate surface area is 130 Å². The first kappa shape index (κ1) is 15.8. The van der Waals surface area contributed by atoms with Gasteiger partial charge in [0.15, 0.2) is 0 Å². The predicted octanol–water partition coefficient (Wildman–Crippen LogP) is 3.73. The van der Waals surface area contributed by atoms with Crippen LogP contribution in [-0.4, -0.2) is 15.3 Å². The van der Waals surface area contributed by atoms with E-state index in [0.717, 1.165) is 12.1 Å². The van der Waals surface area contributed by atoms with Crippen molar-refractivity contribution in [2.45, 2.75) is 10.6 Å². The third-order valence-electron chi connectivity index (χ3n) is 2.76. The minimum absolute atomic E-state index is 0.0135. The lowest BCUT2D eigenvalue weighted by atomic mass is 10.2. The summed E-state index contributed by atoms with van der Waals surface area (Å²) >= 11 is 3.15. The summed E-state index contributed by atoms with van der Waals surface area (Å²) in [6.07, 6.45) is 0. The molecule has 0 aliphatic rings. The molecule has 1 N–H and O–H groups in total. The lowest BCUT2D eigenvalue weighted by molar-refractivity contribution is 0.0693. The van der Waals surface area contributed by atoms with E-state index in [1.807, 2.05) is 0 Å². The Morgan fingerprint density at radius 2 is 1.81 bits per heavy atom. The number of benzene rings is 2. The van der Waals surface area contributed by atoms with Crippen LogP contribution in [0.15, 0.2) is 45.8 Å². The zero-order chi connectivity index (χ0) is 15.6. The summed E-state index contributed by atoms with van der Waals surface area (Å²) in [5.41, 5.74) is -0.486. The molecule has 0 radical (unpaired) electrons. The molecule has 7 heteroatoms. The van der Waals surface area contributed by atoms with Crippen molar-refractivity contribution in [2.24, 2.45) is 0 Å². The Hall–Kier alpha value is -1.60. The van der Waals surface area contributed by atoms with Crippen molar-refractivity contribution in [3.05, 3.63) is 63.6 Å². The maximum atomic E-state index is 13.6. The molecule has 2 rings (SSSR count). The molecule has 1 atom stereocenters. The Balaban J connectivity index is 2.41. The van der Waals surface area contributed by atoms with Crippen LogP contribution in [-0.2, 0) is 16.6 Å². The zero-order valence-corrected chi connectivity index (χ0v) is 12.9. The molecule has 0 fully saturated rings. The van der Waals surface area contributed by atoms with Crippen LogP contribution in [0.2, 0.25) is 0 Å². The highest BCUT2D eigenvalue weighted by atomic mass is 79.9. The van der Waals surface area contributed by atoms with E-state index in [4.69, 9.17) is 5.11 Å². The molecule has 1 unspecified atom stereocenters. The average molecular weight is 375 g/mol. The molecule has 0 aliphatic carbocycles. The summed E-state index contributed by atoms with van der Waals surface area (Å²) in [4.78, 5) is 11.1. The van der Waals surface area contributed by atoms with Crippen molar-refractivity contribution in [3.8, 4) is 0 Å². The highest BCUT2D eigenvalue weighted by Gasteiger charge is 2.19. The second-order valence-corrected chi connectivity index (χ2v) is 6.47. The first-order chi connectivity index (χ1) is 9.90. The van der Waals surface area contributed by atoms with Gasteiger partial charge in [0.1, 0.15) is 11.6 Å². The monoisotopic (exact) mass is 374 g/mol. The second-order valence-electron chi connectivity index (χ2n) is 4.14. The summed E-state index contributed by atoms with van der Waals surface area (Å²) in [6.45, 7) is 0.